The molecule has 9 heteroatoms. The SMILES string of the molecule is C[C@@H](COCc1ccccc1)n1c2s[nH]c(=O)c2c(=O)c2cc(F)c(F)c(F)c21. The molecule has 0 aliphatic rings. The first-order valence-corrected chi connectivity index (χ1v) is 9.56. The lowest BCUT2D eigenvalue weighted by Gasteiger charge is -2.20. The van der Waals surface area contributed by atoms with Gasteiger partial charge in [-0.1, -0.05) is 30.3 Å². The van der Waals surface area contributed by atoms with Crippen LogP contribution in [-0.4, -0.2) is 15.5 Å². The summed E-state index contributed by atoms with van der Waals surface area (Å²) in [6.07, 6.45) is 0. The van der Waals surface area contributed by atoms with Crippen molar-refractivity contribution >= 4 is 32.7 Å². The summed E-state index contributed by atoms with van der Waals surface area (Å²) in [5.74, 6) is -4.64. The Labute approximate surface area is 166 Å². The minimum absolute atomic E-state index is 0.0898. The molecule has 0 radical (unpaired) electrons. The normalized spacial score (nSPS) is 12.7. The highest BCUT2D eigenvalue weighted by Gasteiger charge is 2.25. The van der Waals surface area contributed by atoms with Crippen molar-refractivity contribution in [3.63, 3.8) is 0 Å². The van der Waals surface area contributed by atoms with Crippen molar-refractivity contribution in [1.82, 2.24) is 8.94 Å². The Kier molecular flexibility index (Phi) is 5.01. The third-order valence-electron chi connectivity index (χ3n) is 4.66. The van der Waals surface area contributed by atoms with Crippen LogP contribution in [0.3, 0.4) is 0 Å². The average molecular weight is 420 g/mol. The van der Waals surface area contributed by atoms with Crippen LogP contribution < -0.4 is 11.0 Å². The fourth-order valence-electron chi connectivity index (χ4n) is 3.31. The van der Waals surface area contributed by atoms with Crippen molar-refractivity contribution in [3.8, 4) is 0 Å². The highest BCUT2D eigenvalue weighted by Crippen LogP contribution is 2.29. The van der Waals surface area contributed by atoms with Crippen molar-refractivity contribution in [1.29, 1.82) is 0 Å². The van der Waals surface area contributed by atoms with Crippen molar-refractivity contribution in [2.75, 3.05) is 6.61 Å². The maximum Gasteiger partial charge on any atom is 0.271 e. The van der Waals surface area contributed by atoms with E-state index in [0.29, 0.717) is 12.7 Å². The lowest BCUT2D eigenvalue weighted by Crippen LogP contribution is -2.21. The maximum atomic E-state index is 14.7. The molecule has 29 heavy (non-hydrogen) atoms. The van der Waals surface area contributed by atoms with Gasteiger partial charge in [0, 0.05) is 0 Å². The molecule has 2 aromatic carbocycles. The second-order valence-electron chi connectivity index (χ2n) is 6.64. The van der Waals surface area contributed by atoms with Crippen LogP contribution in [-0.2, 0) is 11.3 Å². The van der Waals surface area contributed by atoms with E-state index in [4.69, 9.17) is 4.74 Å². The third kappa shape index (κ3) is 3.26. The molecular formula is C20H15F3N2O3S. The van der Waals surface area contributed by atoms with Gasteiger partial charge in [-0.25, -0.2) is 13.2 Å². The van der Waals surface area contributed by atoms with Crippen LogP contribution in [0.15, 0.2) is 46.0 Å². The van der Waals surface area contributed by atoms with Gasteiger partial charge in [0.05, 0.1) is 30.2 Å². The molecule has 0 saturated heterocycles. The van der Waals surface area contributed by atoms with E-state index in [1.165, 1.54) is 4.57 Å². The summed E-state index contributed by atoms with van der Waals surface area (Å²) in [6, 6.07) is 9.42. The summed E-state index contributed by atoms with van der Waals surface area (Å²) in [5, 5.41) is -0.615. The van der Waals surface area contributed by atoms with E-state index >= 15 is 0 Å². The van der Waals surface area contributed by atoms with E-state index in [9.17, 15) is 22.8 Å². The second-order valence-corrected chi connectivity index (χ2v) is 7.44. The maximum absolute atomic E-state index is 14.7. The summed E-state index contributed by atoms with van der Waals surface area (Å²) in [5.41, 5.74) is -0.968. The second kappa shape index (κ2) is 7.49. The number of pyridine rings is 1. The first kappa shape index (κ1) is 19.4. The van der Waals surface area contributed by atoms with Crippen molar-refractivity contribution < 1.29 is 17.9 Å². The monoisotopic (exact) mass is 420 g/mol. The molecule has 0 aliphatic carbocycles. The van der Waals surface area contributed by atoms with Crippen molar-refractivity contribution in [2.45, 2.75) is 19.6 Å². The number of hydrogen-bond acceptors (Lipinski definition) is 4. The highest BCUT2D eigenvalue weighted by atomic mass is 32.1. The number of benzene rings is 2. The van der Waals surface area contributed by atoms with Crippen LogP contribution in [0.25, 0.3) is 21.1 Å². The third-order valence-corrected chi connectivity index (χ3v) is 5.54. The molecule has 4 rings (SSSR count). The molecule has 0 bridgehead atoms. The number of ether oxygens (including phenoxy) is 1. The van der Waals surface area contributed by atoms with Gasteiger partial charge in [0.1, 0.15) is 10.2 Å². The molecule has 5 nitrogen and oxygen atoms in total. The minimum Gasteiger partial charge on any atom is -0.375 e. The van der Waals surface area contributed by atoms with E-state index in [0.717, 1.165) is 17.1 Å². The average Bonchev–Trinajstić information content (AvgIpc) is 3.09. The van der Waals surface area contributed by atoms with Gasteiger partial charge in [0.25, 0.3) is 5.56 Å². The van der Waals surface area contributed by atoms with Gasteiger partial charge in [0.2, 0.25) is 5.43 Å². The predicted octanol–water partition coefficient (Wildman–Crippen LogP) is 4.10. The summed E-state index contributed by atoms with van der Waals surface area (Å²) in [4.78, 5) is 24.9. The lowest BCUT2D eigenvalue weighted by molar-refractivity contribution is 0.0968. The van der Waals surface area contributed by atoms with Gasteiger partial charge in [-0.2, -0.15) is 0 Å². The van der Waals surface area contributed by atoms with Gasteiger partial charge in [-0.3, -0.25) is 14.0 Å². The van der Waals surface area contributed by atoms with Crippen molar-refractivity contribution in [3.05, 3.63) is 80.0 Å². The Balaban J connectivity index is 1.85. The molecule has 1 atom stereocenters. The number of aromatic amines is 1. The molecule has 0 amide bonds. The number of hydrogen-bond donors (Lipinski definition) is 1. The number of H-pyrrole nitrogens is 1. The summed E-state index contributed by atoms with van der Waals surface area (Å²) >= 11 is 0.834. The van der Waals surface area contributed by atoms with E-state index < -0.39 is 45.4 Å². The van der Waals surface area contributed by atoms with Gasteiger partial charge < -0.3 is 9.30 Å². The Hall–Kier alpha value is -2.91. The van der Waals surface area contributed by atoms with E-state index in [1.807, 2.05) is 30.3 Å². The minimum atomic E-state index is -1.68. The summed E-state index contributed by atoms with van der Waals surface area (Å²) < 4.78 is 51.8. The fraction of sp³-hybridized carbons (Fsp3) is 0.200. The summed E-state index contributed by atoms with van der Waals surface area (Å²) in [7, 11) is 0. The molecule has 0 aliphatic heterocycles. The lowest BCUT2D eigenvalue weighted by atomic mass is 10.1. The molecule has 0 fully saturated rings. The standard InChI is InChI=1S/C20H15F3N2O3S/c1-10(8-28-9-11-5-3-2-4-6-11)25-17-12(7-13(21)15(22)16(17)23)18(26)14-19(27)24-29-20(14)25/h2-7,10H,8-9H2,1H3,(H,24,27)/t10-/m0/s1. The molecule has 0 unspecified atom stereocenters. The quantitative estimate of drug-likeness (QED) is 0.495. The number of nitrogens with one attached hydrogen (secondary N) is 1. The Morgan fingerprint density at radius 3 is 2.59 bits per heavy atom. The van der Waals surface area contributed by atoms with Crippen LogP contribution in [0, 0.1) is 17.5 Å². The van der Waals surface area contributed by atoms with E-state index in [2.05, 4.69) is 4.37 Å². The molecule has 0 saturated carbocycles. The Morgan fingerprint density at radius 2 is 1.86 bits per heavy atom. The highest BCUT2D eigenvalue weighted by molar-refractivity contribution is 7.12. The molecule has 2 heterocycles. The smallest absolute Gasteiger partial charge is 0.271 e. The number of nitrogens with zero attached hydrogens (tertiary/aromatic N) is 1. The molecule has 0 spiro atoms. The van der Waals surface area contributed by atoms with Crippen molar-refractivity contribution in [2.24, 2.45) is 0 Å². The van der Waals surface area contributed by atoms with Crippen LogP contribution in [0.2, 0.25) is 0 Å². The first-order chi connectivity index (χ1) is 13.9. The van der Waals surface area contributed by atoms with E-state index in [-0.39, 0.29) is 16.8 Å². The summed E-state index contributed by atoms with van der Waals surface area (Å²) in [6.45, 7) is 2.06. The topological polar surface area (TPSA) is 64.1 Å². The largest absolute Gasteiger partial charge is 0.375 e. The van der Waals surface area contributed by atoms with Gasteiger partial charge >= 0.3 is 0 Å². The number of fused-ring (bicyclic) bond motifs is 2. The van der Waals surface area contributed by atoms with Crippen LogP contribution in [0.5, 0.6) is 0 Å². The molecule has 4 aromatic rings. The molecule has 150 valence electrons. The van der Waals surface area contributed by atoms with Crippen LogP contribution in [0.4, 0.5) is 13.2 Å². The van der Waals surface area contributed by atoms with E-state index in [1.54, 1.807) is 6.92 Å². The Morgan fingerprint density at radius 1 is 1.14 bits per heavy atom. The van der Waals surface area contributed by atoms with Gasteiger partial charge in [0.15, 0.2) is 17.5 Å². The van der Waals surface area contributed by atoms with Gasteiger partial charge in [-0.15, -0.1) is 0 Å². The number of halogens is 3. The predicted molar refractivity (Wildman–Crippen MR) is 105 cm³/mol. The first-order valence-electron chi connectivity index (χ1n) is 8.74. The zero-order valence-electron chi connectivity index (χ0n) is 15.2. The zero-order valence-corrected chi connectivity index (χ0v) is 16.0. The number of aromatic nitrogens is 2. The molecule has 1 N–H and O–H groups in total. The Bertz CT molecular complexity index is 1330. The molecular weight excluding hydrogens is 405 g/mol. The zero-order chi connectivity index (χ0) is 20.7. The number of rotatable bonds is 5. The van der Waals surface area contributed by atoms with Gasteiger partial charge in [-0.05, 0) is 30.1 Å². The van der Waals surface area contributed by atoms with Crippen LogP contribution >= 0.6 is 11.5 Å². The van der Waals surface area contributed by atoms with Crippen LogP contribution in [0.1, 0.15) is 18.5 Å². The molecule has 2 aromatic heterocycles. The fourth-order valence-corrected chi connectivity index (χ4v) is 4.26.